The third kappa shape index (κ3) is 3.88. The number of piperazine rings is 1. The molecular formula is C13H23N3O2. The third-order valence-corrected chi connectivity index (χ3v) is 3.02. The van der Waals surface area contributed by atoms with Crippen LogP contribution in [-0.2, 0) is 4.74 Å². The van der Waals surface area contributed by atoms with Gasteiger partial charge in [0.1, 0.15) is 5.60 Å². The molecule has 1 rings (SSSR count). The van der Waals surface area contributed by atoms with Gasteiger partial charge in [0.05, 0.1) is 12.1 Å². The standard InChI is InChI=1S/C13H23N3O2/c1-10(8-14)15-6-7-16(11(2)9-15)12(17)18-13(3,4)5/h10-11H,6-7,9H2,1-5H3/t10-,11-/m1/s1. The van der Waals surface area contributed by atoms with E-state index in [-0.39, 0.29) is 18.2 Å². The van der Waals surface area contributed by atoms with Crippen molar-refractivity contribution in [2.45, 2.75) is 52.3 Å². The lowest BCUT2D eigenvalue weighted by Crippen LogP contribution is -2.56. The Bertz CT molecular complexity index is 343. The van der Waals surface area contributed by atoms with E-state index in [9.17, 15) is 4.79 Å². The number of amides is 1. The highest BCUT2D eigenvalue weighted by molar-refractivity contribution is 5.68. The summed E-state index contributed by atoms with van der Waals surface area (Å²) in [7, 11) is 0. The zero-order valence-corrected chi connectivity index (χ0v) is 11.9. The molecule has 0 N–H and O–H groups in total. The first-order valence-electron chi connectivity index (χ1n) is 6.38. The van der Waals surface area contributed by atoms with Gasteiger partial charge >= 0.3 is 6.09 Å². The van der Waals surface area contributed by atoms with Crippen LogP contribution in [0.4, 0.5) is 4.79 Å². The Labute approximate surface area is 109 Å². The van der Waals surface area contributed by atoms with Crippen molar-refractivity contribution >= 4 is 6.09 Å². The molecule has 0 spiro atoms. The zero-order valence-electron chi connectivity index (χ0n) is 11.9. The summed E-state index contributed by atoms with van der Waals surface area (Å²) in [5.74, 6) is 0. The predicted molar refractivity (Wildman–Crippen MR) is 69.1 cm³/mol. The Morgan fingerprint density at radius 1 is 1.44 bits per heavy atom. The highest BCUT2D eigenvalue weighted by atomic mass is 16.6. The van der Waals surface area contributed by atoms with E-state index >= 15 is 0 Å². The van der Waals surface area contributed by atoms with Crippen molar-refractivity contribution in [1.29, 1.82) is 5.26 Å². The molecule has 0 radical (unpaired) electrons. The fourth-order valence-electron chi connectivity index (χ4n) is 2.01. The Morgan fingerprint density at radius 2 is 2.06 bits per heavy atom. The maximum Gasteiger partial charge on any atom is 0.410 e. The first-order chi connectivity index (χ1) is 8.24. The molecule has 0 aromatic rings. The van der Waals surface area contributed by atoms with Crippen molar-refractivity contribution < 1.29 is 9.53 Å². The van der Waals surface area contributed by atoms with Crippen molar-refractivity contribution in [3.05, 3.63) is 0 Å². The van der Waals surface area contributed by atoms with Crippen LogP contribution in [0.25, 0.3) is 0 Å². The van der Waals surface area contributed by atoms with E-state index in [1.165, 1.54) is 0 Å². The summed E-state index contributed by atoms with van der Waals surface area (Å²) >= 11 is 0. The predicted octanol–water partition coefficient (Wildman–Crippen LogP) is 1.84. The lowest BCUT2D eigenvalue weighted by molar-refractivity contribution is -0.000589. The fourth-order valence-corrected chi connectivity index (χ4v) is 2.01. The van der Waals surface area contributed by atoms with E-state index in [4.69, 9.17) is 10.00 Å². The van der Waals surface area contributed by atoms with Gasteiger partial charge in [0.2, 0.25) is 0 Å². The molecule has 0 aromatic carbocycles. The van der Waals surface area contributed by atoms with Crippen LogP contribution in [-0.4, -0.2) is 53.2 Å². The molecule has 0 bridgehead atoms. The highest BCUT2D eigenvalue weighted by Crippen LogP contribution is 2.16. The molecule has 0 aromatic heterocycles. The summed E-state index contributed by atoms with van der Waals surface area (Å²) < 4.78 is 5.37. The summed E-state index contributed by atoms with van der Waals surface area (Å²) in [5.41, 5.74) is -0.464. The third-order valence-electron chi connectivity index (χ3n) is 3.02. The molecule has 0 saturated carbocycles. The van der Waals surface area contributed by atoms with Crippen LogP contribution in [0.5, 0.6) is 0 Å². The zero-order chi connectivity index (χ0) is 13.9. The average molecular weight is 253 g/mol. The minimum Gasteiger partial charge on any atom is -0.444 e. The van der Waals surface area contributed by atoms with E-state index in [0.29, 0.717) is 13.1 Å². The van der Waals surface area contributed by atoms with Gasteiger partial charge in [0.25, 0.3) is 0 Å². The van der Waals surface area contributed by atoms with Gasteiger partial charge in [-0.15, -0.1) is 0 Å². The van der Waals surface area contributed by atoms with Crippen molar-refractivity contribution in [2.24, 2.45) is 0 Å². The number of nitriles is 1. The van der Waals surface area contributed by atoms with Crippen LogP contribution in [0.3, 0.4) is 0 Å². The molecule has 5 nitrogen and oxygen atoms in total. The van der Waals surface area contributed by atoms with Gasteiger partial charge < -0.3 is 9.64 Å². The molecule has 2 atom stereocenters. The monoisotopic (exact) mass is 253 g/mol. The Kier molecular flexibility index (Phi) is 4.58. The number of nitrogens with zero attached hydrogens (tertiary/aromatic N) is 3. The molecule has 18 heavy (non-hydrogen) atoms. The lowest BCUT2D eigenvalue weighted by Gasteiger charge is -2.41. The fraction of sp³-hybridized carbons (Fsp3) is 0.846. The van der Waals surface area contributed by atoms with Crippen molar-refractivity contribution in [3.63, 3.8) is 0 Å². The Morgan fingerprint density at radius 3 is 2.50 bits per heavy atom. The maximum atomic E-state index is 12.0. The molecule has 102 valence electrons. The SMILES string of the molecule is C[C@H](C#N)N1CCN(C(=O)OC(C)(C)C)[C@H](C)C1. The number of carbonyl (C=O) groups is 1. The number of ether oxygens (including phenoxy) is 1. The van der Waals surface area contributed by atoms with E-state index in [1.807, 2.05) is 34.6 Å². The molecule has 1 aliphatic rings. The van der Waals surface area contributed by atoms with Crippen LogP contribution >= 0.6 is 0 Å². The summed E-state index contributed by atoms with van der Waals surface area (Å²) in [6.45, 7) is 11.5. The van der Waals surface area contributed by atoms with Gasteiger partial charge in [0, 0.05) is 25.7 Å². The van der Waals surface area contributed by atoms with Crippen LogP contribution in [0.2, 0.25) is 0 Å². The average Bonchev–Trinajstić information content (AvgIpc) is 2.25. The molecule has 1 aliphatic heterocycles. The van der Waals surface area contributed by atoms with Gasteiger partial charge in [-0.3, -0.25) is 4.90 Å². The van der Waals surface area contributed by atoms with E-state index < -0.39 is 5.60 Å². The van der Waals surface area contributed by atoms with E-state index in [0.717, 1.165) is 6.54 Å². The number of hydrogen-bond donors (Lipinski definition) is 0. The number of hydrogen-bond acceptors (Lipinski definition) is 4. The van der Waals surface area contributed by atoms with Crippen molar-refractivity contribution in [3.8, 4) is 6.07 Å². The quantitative estimate of drug-likeness (QED) is 0.715. The van der Waals surface area contributed by atoms with Crippen molar-refractivity contribution in [2.75, 3.05) is 19.6 Å². The van der Waals surface area contributed by atoms with Gasteiger partial charge in [-0.2, -0.15) is 5.26 Å². The summed E-state index contributed by atoms with van der Waals surface area (Å²) in [4.78, 5) is 15.8. The summed E-state index contributed by atoms with van der Waals surface area (Å²) in [5, 5.41) is 8.90. The molecule has 0 aliphatic carbocycles. The van der Waals surface area contributed by atoms with Crippen LogP contribution in [0.15, 0.2) is 0 Å². The minimum absolute atomic E-state index is 0.0735. The maximum absolute atomic E-state index is 12.0. The largest absolute Gasteiger partial charge is 0.444 e. The Balaban J connectivity index is 2.58. The first kappa shape index (κ1) is 14.8. The van der Waals surface area contributed by atoms with Gasteiger partial charge in [-0.25, -0.2) is 4.79 Å². The smallest absolute Gasteiger partial charge is 0.410 e. The number of rotatable bonds is 1. The second-order valence-electron chi connectivity index (χ2n) is 5.82. The lowest BCUT2D eigenvalue weighted by atomic mass is 10.1. The topological polar surface area (TPSA) is 56.6 Å². The van der Waals surface area contributed by atoms with E-state index in [2.05, 4.69) is 11.0 Å². The Hall–Kier alpha value is -1.28. The van der Waals surface area contributed by atoms with Crippen LogP contribution < -0.4 is 0 Å². The molecule has 1 heterocycles. The summed E-state index contributed by atoms with van der Waals surface area (Å²) in [6.07, 6.45) is -0.265. The van der Waals surface area contributed by atoms with Crippen LogP contribution in [0, 0.1) is 11.3 Å². The summed E-state index contributed by atoms with van der Waals surface area (Å²) in [6, 6.07) is 2.20. The minimum atomic E-state index is -0.464. The highest BCUT2D eigenvalue weighted by Gasteiger charge is 2.32. The van der Waals surface area contributed by atoms with Crippen molar-refractivity contribution in [1.82, 2.24) is 9.80 Å². The second-order valence-corrected chi connectivity index (χ2v) is 5.82. The molecule has 1 fully saturated rings. The van der Waals surface area contributed by atoms with Gasteiger partial charge in [-0.05, 0) is 34.6 Å². The second kappa shape index (κ2) is 5.57. The number of carbonyl (C=O) groups excluding carboxylic acids is 1. The molecule has 0 unspecified atom stereocenters. The molecule has 1 amide bonds. The molecule has 5 heteroatoms. The first-order valence-corrected chi connectivity index (χ1v) is 6.38. The van der Waals surface area contributed by atoms with Gasteiger partial charge in [-0.1, -0.05) is 0 Å². The van der Waals surface area contributed by atoms with E-state index in [1.54, 1.807) is 4.90 Å². The molecule has 1 saturated heterocycles. The molecular weight excluding hydrogens is 230 g/mol. The normalized spacial score (nSPS) is 23.3. The van der Waals surface area contributed by atoms with Crippen LogP contribution in [0.1, 0.15) is 34.6 Å². The van der Waals surface area contributed by atoms with Gasteiger partial charge in [0.15, 0.2) is 0 Å².